The maximum atomic E-state index is 2.30. The topological polar surface area (TPSA) is 0 Å². The van der Waals surface area contributed by atoms with E-state index in [-0.39, 0.29) is 0 Å². The van der Waals surface area contributed by atoms with E-state index in [0.717, 1.165) is 0 Å². The van der Waals surface area contributed by atoms with E-state index in [1.165, 1.54) is 30.4 Å². The molecule has 1 aliphatic rings. The highest BCUT2D eigenvalue weighted by atomic mass is 14.0. The average molecular weight is 230 g/mol. The first-order valence-corrected chi connectivity index (χ1v) is 6.80. The summed E-state index contributed by atoms with van der Waals surface area (Å²) in [6.45, 7) is 8.25. The lowest BCUT2D eigenvalue weighted by atomic mass is 10.00. The van der Waals surface area contributed by atoms with Crippen LogP contribution in [0.2, 0.25) is 0 Å². The highest BCUT2D eigenvalue weighted by Gasteiger charge is 1.98. The predicted molar refractivity (Wildman–Crippen MR) is 80.1 cm³/mol. The SMILES string of the molecule is C1=CC(c2ccccc2)=CCC1.CC.CCC. The van der Waals surface area contributed by atoms with Gasteiger partial charge < -0.3 is 0 Å². The van der Waals surface area contributed by atoms with E-state index in [1.54, 1.807) is 0 Å². The quantitative estimate of drug-likeness (QED) is 0.566. The van der Waals surface area contributed by atoms with Crippen molar-refractivity contribution in [1.82, 2.24) is 0 Å². The number of hydrogen-bond donors (Lipinski definition) is 0. The summed E-state index contributed by atoms with van der Waals surface area (Å²) in [7, 11) is 0. The number of rotatable bonds is 1. The molecule has 0 heterocycles. The van der Waals surface area contributed by atoms with Gasteiger partial charge in [-0.15, -0.1) is 0 Å². The Hall–Kier alpha value is -1.30. The molecule has 2 rings (SSSR count). The summed E-state index contributed by atoms with van der Waals surface area (Å²) in [5.74, 6) is 0. The fourth-order valence-electron chi connectivity index (χ4n) is 1.46. The molecule has 0 nitrogen and oxygen atoms in total. The van der Waals surface area contributed by atoms with Crippen LogP contribution < -0.4 is 0 Å². The van der Waals surface area contributed by atoms with E-state index in [1.807, 2.05) is 13.8 Å². The molecule has 0 saturated carbocycles. The van der Waals surface area contributed by atoms with Crippen molar-refractivity contribution in [3.05, 3.63) is 54.1 Å². The lowest BCUT2D eigenvalue weighted by Gasteiger charge is -2.05. The fourth-order valence-corrected chi connectivity index (χ4v) is 1.46. The minimum Gasteiger partial charge on any atom is -0.0836 e. The first kappa shape index (κ1) is 15.7. The lowest BCUT2D eigenvalue weighted by molar-refractivity contribution is 1.04. The molecule has 0 unspecified atom stereocenters. The molecule has 0 spiro atoms. The highest BCUT2D eigenvalue weighted by molar-refractivity contribution is 5.74. The van der Waals surface area contributed by atoms with Crippen molar-refractivity contribution in [3.8, 4) is 0 Å². The van der Waals surface area contributed by atoms with E-state index in [0.29, 0.717) is 0 Å². The molecule has 1 aromatic carbocycles. The predicted octanol–water partition coefficient (Wildman–Crippen LogP) is 5.86. The third-order valence-electron chi connectivity index (χ3n) is 2.10. The number of allylic oxidation sites excluding steroid dienone is 4. The zero-order chi connectivity index (χ0) is 12.9. The van der Waals surface area contributed by atoms with Crippen LogP contribution in [0.15, 0.2) is 48.6 Å². The van der Waals surface area contributed by atoms with Gasteiger partial charge in [0.05, 0.1) is 0 Å². The van der Waals surface area contributed by atoms with Crippen LogP contribution in [0, 0.1) is 0 Å². The minimum absolute atomic E-state index is 1.18. The van der Waals surface area contributed by atoms with Gasteiger partial charge in [-0.25, -0.2) is 0 Å². The molecule has 0 aliphatic heterocycles. The monoisotopic (exact) mass is 230 g/mol. The summed E-state index contributed by atoms with van der Waals surface area (Å²) in [6, 6.07) is 10.5. The number of benzene rings is 1. The van der Waals surface area contributed by atoms with Gasteiger partial charge >= 0.3 is 0 Å². The summed E-state index contributed by atoms with van der Waals surface area (Å²) < 4.78 is 0. The van der Waals surface area contributed by atoms with Gasteiger partial charge in [0.1, 0.15) is 0 Å². The summed E-state index contributed by atoms with van der Waals surface area (Å²) in [5, 5.41) is 0. The molecule has 0 N–H and O–H groups in total. The van der Waals surface area contributed by atoms with Gasteiger partial charge in [0.25, 0.3) is 0 Å². The minimum atomic E-state index is 1.18. The third kappa shape index (κ3) is 6.78. The van der Waals surface area contributed by atoms with Gasteiger partial charge in [0.2, 0.25) is 0 Å². The second-order valence-electron chi connectivity index (χ2n) is 3.71. The van der Waals surface area contributed by atoms with E-state index in [2.05, 4.69) is 62.4 Å². The summed E-state index contributed by atoms with van der Waals surface area (Å²) in [5.41, 5.74) is 2.69. The molecule has 0 fully saturated rings. The Morgan fingerprint density at radius 3 is 2.00 bits per heavy atom. The molecular formula is C17H26. The van der Waals surface area contributed by atoms with E-state index in [9.17, 15) is 0 Å². The van der Waals surface area contributed by atoms with E-state index < -0.39 is 0 Å². The van der Waals surface area contributed by atoms with Gasteiger partial charge in [0, 0.05) is 0 Å². The molecule has 0 heteroatoms. The molecule has 0 amide bonds. The molecule has 0 atom stereocenters. The lowest BCUT2D eigenvalue weighted by Crippen LogP contribution is -1.84. The van der Waals surface area contributed by atoms with Crippen LogP contribution in [0.3, 0.4) is 0 Å². The van der Waals surface area contributed by atoms with Gasteiger partial charge in [0.15, 0.2) is 0 Å². The van der Waals surface area contributed by atoms with Crippen LogP contribution in [-0.2, 0) is 0 Å². The van der Waals surface area contributed by atoms with Crippen LogP contribution in [0.25, 0.3) is 5.57 Å². The maximum absolute atomic E-state index is 2.30. The van der Waals surface area contributed by atoms with Crippen LogP contribution in [0.4, 0.5) is 0 Å². The Kier molecular flexibility index (Phi) is 10.3. The Balaban J connectivity index is 0.000000450. The highest BCUT2D eigenvalue weighted by Crippen LogP contribution is 2.20. The fraction of sp³-hybridized carbons (Fsp3) is 0.412. The van der Waals surface area contributed by atoms with Crippen LogP contribution in [0.1, 0.15) is 52.5 Å². The maximum Gasteiger partial charge on any atom is -0.0187 e. The first-order valence-electron chi connectivity index (χ1n) is 6.80. The van der Waals surface area contributed by atoms with Crippen molar-refractivity contribution in [3.63, 3.8) is 0 Å². The van der Waals surface area contributed by atoms with Gasteiger partial charge in [-0.2, -0.15) is 0 Å². The van der Waals surface area contributed by atoms with Gasteiger partial charge in [-0.3, -0.25) is 0 Å². The smallest absolute Gasteiger partial charge is 0.0187 e. The van der Waals surface area contributed by atoms with Crippen LogP contribution in [-0.4, -0.2) is 0 Å². The van der Waals surface area contributed by atoms with E-state index >= 15 is 0 Å². The average Bonchev–Trinajstić information content (AvgIpc) is 2.44. The Morgan fingerprint density at radius 1 is 0.941 bits per heavy atom. The van der Waals surface area contributed by atoms with Crippen molar-refractivity contribution in [2.45, 2.75) is 47.0 Å². The second-order valence-corrected chi connectivity index (χ2v) is 3.71. The molecule has 0 aromatic heterocycles. The van der Waals surface area contributed by atoms with Gasteiger partial charge in [-0.1, -0.05) is 82.7 Å². The van der Waals surface area contributed by atoms with Crippen molar-refractivity contribution in [1.29, 1.82) is 0 Å². The molecule has 17 heavy (non-hydrogen) atoms. The summed E-state index contributed by atoms with van der Waals surface area (Å²) in [4.78, 5) is 0. The molecule has 0 bridgehead atoms. The van der Waals surface area contributed by atoms with E-state index in [4.69, 9.17) is 0 Å². The zero-order valence-corrected chi connectivity index (χ0v) is 11.7. The van der Waals surface area contributed by atoms with Crippen molar-refractivity contribution < 1.29 is 0 Å². The summed E-state index contributed by atoms with van der Waals surface area (Å²) >= 11 is 0. The van der Waals surface area contributed by atoms with Gasteiger partial charge in [-0.05, 0) is 24.0 Å². The first-order chi connectivity index (χ1) is 8.38. The molecule has 94 valence electrons. The van der Waals surface area contributed by atoms with Crippen LogP contribution in [0.5, 0.6) is 0 Å². The van der Waals surface area contributed by atoms with Crippen molar-refractivity contribution in [2.24, 2.45) is 0 Å². The summed E-state index contributed by atoms with van der Waals surface area (Å²) in [6.07, 6.45) is 10.4. The normalized spacial score (nSPS) is 12.6. The van der Waals surface area contributed by atoms with Crippen LogP contribution >= 0.6 is 0 Å². The number of hydrogen-bond acceptors (Lipinski definition) is 0. The Morgan fingerprint density at radius 2 is 1.53 bits per heavy atom. The molecule has 0 radical (unpaired) electrons. The second kappa shape index (κ2) is 11.2. The van der Waals surface area contributed by atoms with Crippen molar-refractivity contribution >= 4 is 5.57 Å². The molecule has 0 saturated heterocycles. The Labute approximate surface area is 107 Å². The molecule has 1 aromatic rings. The van der Waals surface area contributed by atoms with Crippen molar-refractivity contribution in [2.75, 3.05) is 0 Å². The third-order valence-corrected chi connectivity index (χ3v) is 2.10. The molecule has 1 aliphatic carbocycles. The zero-order valence-electron chi connectivity index (χ0n) is 11.7. The molecular weight excluding hydrogens is 204 g/mol. The largest absolute Gasteiger partial charge is 0.0836 e. The standard InChI is InChI=1S/C12H12.C3H8.C2H6/c1-3-7-11(8-4-1)12-9-5-2-6-10-12;1-3-2;1-2/h1,3-5,7-10H,2,6H2;3H2,1-2H3;1-2H3. The Bertz CT molecular complexity index is 317.